The molecule has 11 heteroatoms. The third-order valence-electron chi connectivity index (χ3n) is 4.59. The van der Waals surface area contributed by atoms with E-state index < -0.39 is 35.1 Å². The molecule has 0 aliphatic heterocycles. The molecule has 2 N–H and O–H groups in total. The highest BCUT2D eigenvalue weighted by atomic mass is 35.5. The Kier molecular flexibility index (Phi) is 7.54. The molecule has 0 fully saturated rings. The minimum absolute atomic E-state index is 0.0388. The standard InChI is InChI=1S/C23H17ClFN3O6/c1-13-6-7-14(10-19(13)25)26-21(29)12-34-23(31)17-4-2-3-5-20(17)27-22(30)16-9-8-15(28(32)33)11-18(16)24/h2-11H,12H2,1H3,(H,26,29)(H,27,30). The number of non-ortho nitro benzene ring substituents is 1. The van der Waals surface area contributed by atoms with Crippen molar-refractivity contribution in [1.82, 2.24) is 0 Å². The first kappa shape index (κ1) is 24.3. The van der Waals surface area contributed by atoms with E-state index in [0.29, 0.717) is 5.56 Å². The van der Waals surface area contributed by atoms with Crippen LogP contribution in [0.3, 0.4) is 0 Å². The molecule has 3 aromatic rings. The number of nitro groups is 1. The van der Waals surface area contributed by atoms with E-state index in [9.17, 15) is 28.9 Å². The van der Waals surface area contributed by atoms with Crippen molar-refractivity contribution >= 4 is 46.4 Å². The van der Waals surface area contributed by atoms with E-state index in [0.717, 1.165) is 18.2 Å². The van der Waals surface area contributed by atoms with Crippen LogP contribution < -0.4 is 10.6 Å². The van der Waals surface area contributed by atoms with Crippen LogP contribution in [-0.2, 0) is 9.53 Å². The van der Waals surface area contributed by atoms with E-state index in [4.69, 9.17) is 16.3 Å². The predicted octanol–water partition coefficient (Wildman–Crippen LogP) is 4.74. The Morgan fingerprint density at radius 3 is 2.44 bits per heavy atom. The van der Waals surface area contributed by atoms with Gasteiger partial charge < -0.3 is 15.4 Å². The molecule has 0 radical (unpaired) electrons. The fraction of sp³-hybridized carbons (Fsp3) is 0.0870. The summed E-state index contributed by atoms with van der Waals surface area (Å²) >= 11 is 5.98. The van der Waals surface area contributed by atoms with Gasteiger partial charge in [-0.15, -0.1) is 0 Å². The zero-order chi connectivity index (χ0) is 24.8. The average Bonchev–Trinajstić information content (AvgIpc) is 2.80. The highest BCUT2D eigenvalue weighted by Gasteiger charge is 2.19. The lowest BCUT2D eigenvalue weighted by Crippen LogP contribution is -2.22. The lowest BCUT2D eigenvalue weighted by molar-refractivity contribution is -0.384. The van der Waals surface area contributed by atoms with Crippen LogP contribution >= 0.6 is 11.6 Å². The van der Waals surface area contributed by atoms with Crippen molar-refractivity contribution in [1.29, 1.82) is 0 Å². The molecule has 174 valence electrons. The molecule has 3 rings (SSSR count). The van der Waals surface area contributed by atoms with Crippen molar-refractivity contribution in [2.45, 2.75) is 6.92 Å². The molecular formula is C23H17ClFN3O6. The number of hydrogen-bond donors (Lipinski definition) is 2. The van der Waals surface area contributed by atoms with Gasteiger partial charge >= 0.3 is 5.97 Å². The molecule has 0 saturated carbocycles. The number of benzene rings is 3. The van der Waals surface area contributed by atoms with Crippen molar-refractivity contribution < 1.29 is 28.4 Å². The number of carbonyl (C=O) groups excluding carboxylic acids is 3. The van der Waals surface area contributed by atoms with Gasteiger partial charge in [0.15, 0.2) is 6.61 Å². The quantitative estimate of drug-likeness (QED) is 0.282. The number of hydrogen-bond acceptors (Lipinski definition) is 6. The van der Waals surface area contributed by atoms with Crippen LogP contribution in [-0.4, -0.2) is 29.3 Å². The first-order valence-corrected chi connectivity index (χ1v) is 10.1. The lowest BCUT2D eigenvalue weighted by Gasteiger charge is -2.12. The zero-order valence-electron chi connectivity index (χ0n) is 17.6. The lowest BCUT2D eigenvalue weighted by atomic mass is 10.1. The van der Waals surface area contributed by atoms with Crippen LogP contribution in [0.25, 0.3) is 0 Å². The van der Waals surface area contributed by atoms with E-state index in [1.807, 2.05) is 0 Å². The Morgan fingerprint density at radius 1 is 1.03 bits per heavy atom. The second kappa shape index (κ2) is 10.5. The Morgan fingerprint density at radius 2 is 1.76 bits per heavy atom. The summed E-state index contributed by atoms with van der Waals surface area (Å²) in [5, 5.41) is 15.6. The number of halogens is 2. The van der Waals surface area contributed by atoms with Crippen LogP contribution in [0.4, 0.5) is 21.5 Å². The highest BCUT2D eigenvalue weighted by Crippen LogP contribution is 2.24. The van der Waals surface area contributed by atoms with Gasteiger partial charge in [0.05, 0.1) is 26.8 Å². The second-order valence-electron chi connectivity index (χ2n) is 7.01. The molecular weight excluding hydrogens is 469 g/mol. The Balaban J connectivity index is 1.66. The van der Waals surface area contributed by atoms with E-state index in [1.54, 1.807) is 13.0 Å². The largest absolute Gasteiger partial charge is 0.452 e. The molecule has 0 aliphatic carbocycles. The van der Waals surface area contributed by atoms with Gasteiger partial charge in [-0.3, -0.25) is 19.7 Å². The van der Waals surface area contributed by atoms with Gasteiger partial charge in [0.1, 0.15) is 5.82 Å². The number of para-hydroxylation sites is 1. The molecule has 0 spiro atoms. The van der Waals surface area contributed by atoms with Crippen molar-refractivity contribution in [3.63, 3.8) is 0 Å². The second-order valence-corrected chi connectivity index (χ2v) is 7.42. The maximum Gasteiger partial charge on any atom is 0.340 e. The van der Waals surface area contributed by atoms with E-state index >= 15 is 0 Å². The molecule has 0 saturated heterocycles. The van der Waals surface area contributed by atoms with Gasteiger partial charge in [-0.25, -0.2) is 9.18 Å². The first-order chi connectivity index (χ1) is 16.2. The topological polar surface area (TPSA) is 128 Å². The van der Waals surface area contributed by atoms with Crippen molar-refractivity contribution in [2.75, 3.05) is 17.2 Å². The van der Waals surface area contributed by atoms with Crippen molar-refractivity contribution in [3.05, 3.63) is 98.3 Å². The van der Waals surface area contributed by atoms with Crippen molar-refractivity contribution in [3.8, 4) is 0 Å². The molecule has 0 unspecified atom stereocenters. The Labute approximate surface area is 197 Å². The third kappa shape index (κ3) is 5.93. The highest BCUT2D eigenvalue weighted by molar-refractivity contribution is 6.34. The molecule has 0 bridgehead atoms. The van der Waals surface area contributed by atoms with Gasteiger partial charge in [-0.05, 0) is 42.8 Å². The number of nitrogens with one attached hydrogen (secondary N) is 2. The summed E-state index contributed by atoms with van der Waals surface area (Å²) < 4.78 is 18.6. The number of carbonyl (C=O) groups is 3. The van der Waals surface area contributed by atoms with Crippen LogP contribution in [0, 0.1) is 22.9 Å². The molecule has 9 nitrogen and oxygen atoms in total. The summed E-state index contributed by atoms with van der Waals surface area (Å²) in [6.07, 6.45) is 0. The maximum atomic E-state index is 13.6. The van der Waals surface area contributed by atoms with Gasteiger partial charge in [-0.2, -0.15) is 0 Å². The minimum atomic E-state index is -0.893. The molecule has 0 atom stereocenters. The van der Waals surface area contributed by atoms with Crippen LogP contribution in [0.1, 0.15) is 26.3 Å². The molecule has 0 aliphatic rings. The van der Waals surface area contributed by atoms with Crippen LogP contribution in [0.2, 0.25) is 5.02 Å². The van der Waals surface area contributed by atoms with Gasteiger partial charge in [0, 0.05) is 17.8 Å². The predicted molar refractivity (Wildman–Crippen MR) is 123 cm³/mol. The number of amides is 2. The zero-order valence-corrected chi connectivity index (χ0v) is 18.4. The smallest absolute Gasteiger partial charge is 0.340 e. The Bertz CT molecular complexity index is 1300. The number of rotatable bonds is 7. The molecule has 0 aromatic heterocycles. The summed E-state index contributed by atoms with van der Waals surface area (Å²) in [6, 6.07) is 13.4. The summed E-state index contributed by atoms with van der Waals surface area (Å²) in [5.74, 6) is -2.78. The number of ether oxygens (including phenoxy) is 1. The van der Waals surface area contributed by atoms with E-state index in [-0.39, 0.29) is 33.2 Å². The number of anilines is 2. The molecule has 0 heterocycles. The number of aryl methyl sites for hydroxylation is 1. The molecule has 3 aromatic carbocycles. The third-order valence-corrected chi connectivity index (χ3v) is 4.91. The van der Waals surface area contributed by atoms with Gasteiger partial charge in [-0.1, -0.05) is 29.8 Å². The number of nitro benzene ring substituents is 1. The van der Waals surface area contributed by atoms with Gasteiger partial charge in [0.25, 0.3) is 17.5 Å². The fourth-order valence-electron chi connectivity index (χ4n) is 2.84. The van der Waals surface area contributed by atoms with E-state index in [2.05, 4.69) is 10.6 Å². The van der Waals surface area contributed by atoms with Crippen LogP contribution in [0.15, 0.2) is 60.7 Å². The summed E-state index contributed by atoms with van der Waals surface area (Å²) in [7, 11) is 0. The summed E-state index contributed by atoms with van der Waals surface area (Å²) in [6.45, 7) is 0.930. The molecule has 2 amide bonds. The first-order valence-electron chi connectivity index (χ1n) is 9.73. The fourth-order valence-corrected chi connectivity index (χ4v) is 3.10. The normalized spacial score (nSPS) is 10.3. The number of esters is 1. The average molecular weight is 486 g/mol. The summed E-state index contributed by atoms with van der Waals surface area (Å²) in [5.41, 5.74) is 0.336. The monoisotopic (exact) mass is 485 g/mol. The number of nitrogens with zero attached hydrogens (tertiary/aromatic N) is 1. The van der Waals surface area contributed by atoms with E-state index in [1.165, 1.54) is 36.4 Å². The SMILES string of the molecule is Cc1ccc(NC(=O)COC(=O)c2ccccc2NC(=O)c2ccc([N+](=O)[O-])cc2Cl)cc1F. The van der Waals surface area contributed by atoms with Gasteiger partial charge in [0.2, 0.25) is 0 Å². The van der Waals surface area contributed by atoms with Crippen LogP contribution in [0.5, 0.6) is 0 Å². The van der Waals surface area contributed by atoms with Crippen molar-refractivity contribution in [2.24, 2.45) is 0 Å². The minimum Gasteiger partial charge on any atom is -0.452 e. The maximum absolute atomic E-state index is 13.6. The summed E-state index contributed by atoms with van der Waals surface area (Å²) in [4.78, 5) is 47.4. The molecule has 34 heavy (non-hydrogen) atoms. The Hall–Kier alpha value is -4.31.